The number of rotatable bonds is 6. The van der Waals surface area contributed by atoms with Gasteiger partial charge in [-0.1, -0.05) is 18.2 Å². The van der Waals surface area contributed by atoms with Gasteiger partial charge < -0.3 is 34.8 Å². The van der Waals surface area contributed by atoms with Crippen LogP contribution in [0.15, 0.2) is 60.8 Å². The molecule has 0 bridgehead atoms. The Morgan fingerprint density at radius 1 is 1.00 bits per heavy atom. The maximum absolute atomic E-state index is 13.6. The van der Waals surface area contributed by atoms with Crippen molar-refractivity contribution in [1.29, 1.82) is 0 Å². The average molecular weight is 744 g/mol. The molecule has 9 rings (SSSR count). The second kappa shape index (κ2) is 13.2. The van der Waals surface area contributed by atoms with E-state index in [1.165, 1.54) is 0 Å². The Morgan fingerprint density at radius 2 is 1.82 bits per heavy atom. The van der Waals surface area contributed by atoms with Crippen LogP contribution in [-0.2, 0) is 16.1 Å². The fourth-order valence-electron chi connectivity index (χ4n) is 8.58. The first kappa shape index (κ1) is 34.5. The number of carbonyl (C=O) groups excluding carboxylic acids is 4. The van der Waals surface area contributed by atoms with Crippen molar-refractivity contribution in [3.8, 4) is 22.9 Å². The summed E-state index contributed by atoms with van der Waals surface area (Å²) in [5.41, 5.74) is 5.47. The number of piperazine rings is 1. The minimum atomic E-state index is -0.652. The van der Waals surface area contributed by atoms with Crippen molar-refractivity contribution >= 4 is 40.8 Å². The van der Waals surface area contributed by atoms with Crippen molar-refractivity contribution in [2.45, 2.75) is 57.3 Å². The van der Waals surface area contributed by atoms with Crippen LogP contribution in [0.5, 0.6) is 11.6 Å². The SMILES string of the molecule is Cc1cc(C(=O)N2CCN(c3ccc4c(c3)C(=O)N([C@H]3CCC(=O)NC3=O)C4)CC2)cnc1O[C@H]1CN2c3cc(-c4ccccc4O)nnc3NC[C@]2(C)C1. The zero-order valence-corrected chi connectivity index (χ0v) is 30.6. The number of hydrogen-bond donors (Lipinski definition) is 3. The summed E-state index contributed by atoms with van der Waals surface area (Å²) in [7, 11) is 0. The summed E-state index contributed by atoms with van der Waals surface area (Å²) in [4.78, 5) is 63.5. The van der Waals surface area contributed by atoms with Gasteiger partial charge in [-0.15, -0.1) is 10.2 Å². The first-order valence-electron chi connectivity index (χ1n) is 18.7. The number of phenolic OH excluding ortho intramolecular Hbond substituents is 1. The Labute approximate surface area is 317 Å². The normalized spacial score (nSPS) is 23.2. The summed E-state index contributed by atoms with van der Waals surface area (Å²) >= 11 is 0. The third-order valence-electron chi connectivity index (χ3n) is 11.6. The smallest absolute Gasteiger partial charge is 0.255 e. The number of anilines is 3. The lowest BCUT2D eigenvalue weighted by Gasteiger charge is -2.41. The van der Waals surface area contributed by atoms with Crippen LogP contribution in [0.25, 0.3) is 11.3 Å². The molecule has 3 N–H and O–H groups in total. The fourth-order valence-corrected chi connectivity index (χ4v) is 8.58. The van der Waals surface area contributed by atoms with E-state index in [1.54, 1.807) is 23.2 Å². The molecule has 2 aromatic carbocycles. The highest BCUT2D eigenvalue weighted by molar-refractivity contribution is 6.05. The predicted octanol–water partition coefficient (Wildman–Crippen LogP) is 3.12. The summed E-state index contributed by atoms with van der Waals surface area (Å²) in [6.07, 6.45) is 2.72. The molecule has 55 heavy (non-hydrogen) atoms. The van der Waals surface area contributed by atoms with Crippen molar-refractivity contribution in [3.63, 3.8) is 0 Å². The van der Waals surface area contributed by atoms with E-state index in [1.807, 2.05) is 54.3 Å². The maximum Gasteiger partial charge on any atom is 0.255 e. The molecule has 2 aromatic heterocycles. The number of aryl methyl sites for hydroxylation is 1. The summed E-state index contributed by atoms with van der Waals surface area (Å²) < 4.78 is 6.50. The van der Waals surface area contributed by atoms with Crippen LogP contribution in [-0.4, -0.2) is 111 Å². The zero-order chi connectivity index (χ0) is 38.0. The van der Waals surface area contributed by atoms with Gasteiger partial charge in [0.05, 0.1) is 29.0 Å². The van der Waals surface area contributed by atoms with Crippen molar-refractivity contribution in [2.75, 3.05) is 54.4 Å². The number of aromatic hydroxyl groups is 1. The number of aromatic nitrogens is 3. The first-order valence-corrected chi connectivity index (χ1v) is 18.7. The highest BCUT2D eigenvalue weighted by Gasteiger charge is 2.47. The lowest BCUT2D eigenvalue weighted by atomic mass is 9.95. The second-order valence-electron chi connectivity index (χ2n) is 15.3. The highest BCUT2D eigenvalue weighted by Crippen LogP contribution is 2.44. The number of piperidine rings is 1. The molecule has 0 aliphatic carbocycles. The molecule has 282 valence electrons. The van der Waals surface area contributed by atoms with Gasteiger partial charge in [-0.25, -0.2) is 4.98 Å². The maximum atomic E-state index is 13.6. The summed E-state index contributed by atoms with van der Waals surface area (Å²) in [5, 5.41) is 25.0. The topological polar surface area (TPSA) is 173 Å². The van der Waals surface area contributed by atoms with Crippen molar-refractivity contribution in [2.24, 2.45) is 0 Å². The molecule has 0 unspecified atom stereocenters. The Kier molecular flexibility index (Phi) is 8.31. The van der Waals surface area contributed by atoms with Gasteiger partial charge in [-0.05, 0) is 62.2 Å². The molecule has 0 spiro atoms. The number of nitrogens with zero attached hydrogens (tertiary/aromatic N) is 7. The molecule has 4 aromatic rings. The van der Waals surface area contributed by atoms with E-state index >= 15 is 0 Å². The van der Waals surface area contributed by atoms with Crippen LogP contribution in [0.2, 0.25) is 0 Å². The molecule has 15 nitrogen and oxygen atoms in total. The van der Waals surface area contributed by atoms with Gasteiger partial charge in [-0.2, -0.15) is 0 Å². The molecule has 5 aliphatic heterocycles. The van der Waals surface area contributed by atoms with Gasteiger partial charge in [0, 0.05) is 80.7 Å². The monoisotopic (exact) mass is 743 g/mol. The van der Waals surface area contributed by atoms with Crippen molar-refractivity contribution in [3.05, 3.63) is 83.0 Å². The summed E-state index contributed by atoms with van der Waals surface area (Å²) in [6, 6.07) is 16.0. The van der Waals surface area contributed by atoms with Crippen LogP contribution in [0.3, 0.4) is 0 Å². The lowest BCUT2D eigenvalue weighted by molar-refractivity contribution is -0.136. The molecule has 7 heterocycles. The molecule has 5 aliphatic rings. The number of imide groups is 1. The van der Waals surface area contributed by atoms with E-state index in [2.05, 4.69) is 42.5 Å². The van der Waals surface area contributed by atoms with Crippen LogP contribution in [0.4, 0.5) is 17.2 Å². The zero-order valence-electron chi connectivity index (χ0n) is 30.6. The Bertz CT molecular complexity index is 2260. The number of hydrogen-bond acceptors (Lipinski definition) is 12. The molecule has 15 heteroatoms. The number of fused-ring (bicyclic) bond motifs is 4. The number of amides is 4. The third kappa shape index (κ3) is 6.12. The molecule has 0 radical (unpaired) electrons. The minimum absolute atomic E-state index is 0.0969. The molecule has 3 fully saturated rings. The second-order valence-corrected chi connectivity index (χ2v) is 15.3. The molecular formula is C40H41N9O6. The molecule has 4 amide bonds. The van der Waals surface area contributed by atoms with Crippen LogP contribution < -0.4 is 25.2 Å². The van der Waals surface area contributed by atoms with E-state index in [0.717, 1.165) is 28.9 Å². The third-order valence-corrected chi connectivity index (χ3v) is 11.6. The number of ether oxygens (including phenoxy) is 1. The highest BCUT2D eigenvalue weighted by atomic mass is 16.5. The first-order chi connectivity index (χ1) is 26.5. The number of para-hydroxylation sites is 1. The molecule has 3 atom stereocenters. The Hall–Kier alpha value is -6.25. The number of pyridine rings is 1. The summed E-state index contributed by atoms with van der Waals surface area (Å²) in [6.45, 7) is 7.92. The number of benzene rings is 2. The lowest BCUT2D eigenvalue weighted by Crippen LogP contribution is -2.52. The standard InChI is InChI=1S/C40H41N9O6/c1-23-15-25(19-41-37(23)55-27-18-40(2)22-42-35-32(49(40)21-27)17-30(44-45-35)28-5-3-4-6-33(28)50)38(53)47-13-11-46(12-14-47)26-8-7-24-20-48(39(54)29(24)16-26)31-9-10-34(51)43-36(31)52/h3-8,15-17,19,27,31,50H,9-14,18,20-22H2,1-2H3,(H,42,45)(H,43,51,52)/t27-,31+,40+/m1/s1. The number of phenols is 1. The largest absolute Gasteiger partial charge is 0.507 e. The van der Waals surface area contributed by atoms with Gasteiger partial charge in [0.15, 0.2) is 5.82 Å². The van der Waals surface area contributed by atoms with Crippen molar-refractivity contribution < 1.29 is 29.0 Å². The van der Waals surface area contributed by atoms with Crippen LogP contribution >= 0.6 is 0 Å². The van der Waals surface area contributed by atoms with E-state index in [4.69, 9.17) is 4.74 Å². The fraction of sp³-hybridized carbons (Fsp3) is 0.375. The van der Waals surface area contributed by atoms with Crippen LogP contribution in [0, 0.1) is 6.92 Å². The molecule has 3 saturated heterocycles. The van der Waals surface area contributed by atoms with Gasteiger partial charge in [-0.3, -0.25) is 24.5 Å². The van der Waals surface area contributed by atoms with Crippen LogP contribution in [0.1, 0.15) is 58.0 Å². The minimum Gasteiger partial charge on any atom is -0.507 e. The van der Waals surface area contributed by atoms with Gasteiger partial charge >= 0.3 is 0 Å². The van der Waals surface area contributed by atoms with Gasteiger partial charge in [0.2, 0.25) is 17.7 Å². The molecule has 0 saturated carbocycles. The van der Waals surface area contributed by atoms with Crippen molar-refractivity contribution in [1.82, 2.24) is 30.3 Å². The van der Waals surface area contributed by atoms with E-state index in [9.17, 15) is 24.3 Å². The van der Waals surface area contributed by atoms with E-state index < -0.39 is 11.9 Å². The van der Waals surface area contributed by atoms with Gasteiger partial charge in [0.1, 0.15) is 17.9 Å². The quantitative estimate of drug-likeness (QED) is 0.247. The number of carbonyl (C=O) groups is 4. The van der Waals surface area contributed by atoms with E-state index in [-0.39, 0.29) is 41.5 Å². The Balaban J connectivity index is 0.824. The summed E-state index contributed by atoms with van der Waals surface area (Å²) in [5.74, 6) is 0.297. The average Bonchev–Trinajstić information content (AvgIpc) is 3.70. The molecular weight excluding hydrogens is 702 g/mol. The Morgan fingerprint density at radius 3 is 2.60 bits per heavy atom. The van der Waals surface area contributed by atoms with Gasteiger partial charge in [0.25, 0.3) is 11.8 Å². The number of nitrogens with one attached hydrogen (secondary N) is 2. The van der Waals surface area contributed by atoms with E-state index in [0.29, 0.717) is 86.3 Å². The predicted molar refractivity (Wildman–Crippen MR) is 202 cm³/mol.